The molecule has 0 bridgehead atoms. The molecule has 2 aromatic carbocycles. The van der Waals surface area contributed by atoms with Crippen LogP contribution in [0.15, 0.2) is 52.5 Å². The Balaban J connectivity index is 2.16. The smallest absolute Gasteiger partial charge is 0.295 e. The predicted octanol–water partition coefficient (Wildman–Crippen LogP) is 5.12. The average molecular weight is 486 g/mol. The van der Waals surface area contributed by atoms with Gasteiger partial charge in [-0.25, -0.2) is 0 Å². The zero-order chi connectivity index (χ0) is 22.9. The first-order valence-corrected chi connectivity index (χ1v) is 11.0. The number of amides is 1. The maximum Gasteiger partial charge on any atom is 0.295 e. The molecule has 1 aliphatic heterocycles. The Morgan fingerprint density at radius 2 is 1.77 bits per heavy atom. The SMILES string of the molecule is COCCN1C(=O)C(=O)/C(=C(\O)c2ccc(Br)c(C)c2)C1c1ccc(C(C)(C)C)cc1. The van der Waals surface area contributed by atoms with Crippen LogP contribution >= 0.6 is 15.9 Å². The summed E-state index contributed by atoms with van der Waals surface area (Å²) >= 11 is 3.45. The van der Waals surface area contributed by atoms with Gasteiger partial charge >= 0.3 is 0 Å². The zero-order valence-electron chi connectivity index (χ0n) is 18.5. The minimum atomic E-state index is -0.681. The van der Waals surface area contributed by atoms with E-state index in [-0.39, 0.29) is 23.3 Å². The van der Waals surface area contributed by atoms with E-state index in [1.165, 1.54) is 4.90 Å². The van der Waals surface area contributed by atoms with Gasteiger partial charge in [0.15, 0.2) is 0 Å². The number of likely N-dealkylation sites (tertiary alicyclic amines) is 1. The summed E-state index contributed by atoms with van der Waals surface area (Å²) in [6, 6.07) is 12.5. The molecule has 164 valence electrons. The lowest BCUT2D eigenvalue weighted by Crippen LogP contribution is -2.32. The molecule has 0 aromatic heterocycles. The molecule has 0 spiro atoms. The molecule has 6 heteroatoms. The molecule has 0 saturated carbocycles. The molecule has 1 aliphatic rings. The molecule has 0 aliphatic carbocycles. The van der Waals surface area contributed by atoms with E-state index in [0.29, 0.717) is 12.2 Å². The molecule has 1 N–H and O–H groups in total. The van der Waals surface area contributed by atoms with Crippen molar-refractivity contribution in [1.29, 1.82) is 0 Å². The first kappa shape index (κ1) is 23.2. The monoisotopic (exact) mass is 485 g/mol. The van der Waals surface area contributed by atoms with Crippen molar-refractivity contribution in [3.8, 4) is 0 Å². The summed E-state index contributed by atoms with van der Waals surface area (Å²) in [4.78, 5) is 27.3. The Kier molecular flexibility index (Phi) is 6.72. The molecular formula is C25H28BrNO4. The maximum absolute atomic E-state index is 13.0. The number of rotatable bonds is 5. The van der Waals surface area contributed by atoms with Crippen molar-refractivity contribution < 1.29 is 19.4 Å². The van der Waals surface area contributed by atoms with Gasteiger partial charge in [-0.2, -0.15) is 0 Å². The summed E-state index contributed by atoms with van der Waals surface area (Å²) < 4.78 is 6.06. The lowest BCUT2D eigenvalue weighted by atomic mass is 9.85. The van der Waals surface area contributed by atoms with E-state index >= 15 is 0 Å². The number of carbonyl (C=O) groups is 2. The van der Waals surface area contributed by atoms with E-state index in [0.717, 1.165) is 21.2 Å². The van der Waals surface area contributed by atoms with E-state index < -0.39 is 17.7 Å². The van der Waals surface area contributed by atoms with Gasteiger partial charge in [-0.15, -0.1) is 0 Å². The summed E-state index contributed by atoms with van der Waals surface area (Å²) in [6.07, 6.45) is 0. The van der Waals surface area contributed by atoms with Gasteiger partial charge < -0.3 is 14.7 Å². The number of halogens is 1. The first-order valence-electron chi connectivity index (χ1n) is 10.2. The van der Waals surface area contributed by atoms with Crippen molar-refractivity contribution in [2.75, 3.05) is 20.3 Å². The van der Waals surface area contributed by atoms with Crippen LogP contribution in [0.1, 0.15) is 49.1 Å². The van der Waals surface area contributed by atoms with Gasteiger partial charge in [0, 0.05) is 23.7 Å². The number of Topliss-reactive ketones (excluding diaryl/α,β-unsaturated/α-hetero) is 1. The van der Waals surface area contributed by atoms with Crippen LogP contribution in [-0.4, -0.2) is 42.0 Å². The van der Waals surface area contributed by atoms with Gasteiger partial charge in [-0.1, -0.05) is 67.0 Å². The van der Waals surface area contributed by atoms with Gasteiger partial charge in [-0.3, -0.25) is 9.59 Å². The molecule has 1 saturated heterocycles. The van der Waals surface area contributed by atoms with Crippen LogP contribution in [0.2, 0.25) is 0 Å². The number of carbonyl (C=O) groups excluding carboxylic acids is 2. The van der Waals surface area contributed by atoms with E-state index in [4.69, 9.17) is 4.74 Å². The zero-order valence-corrected chi connectivity index (χ0v) is 20.1. The van der Waals surface area contributed by atoms with Crippen LogP contribution in [0.25, 0.3) is 5.76 Å². The molecule has 2 aromatic rings. The molecule has 1 heterocycles. The number of benzene rings is 2. The number of aryl methyl sites for hydroxylation is 1. The lowest BCUT2D eigenvalue weighted by Gasteiger charge is -2.26. The molecule has 1 unspecified atom stereocenters. The summed E-state index contributed by atoms with van der Waals surface area (Å²) in [6.45, 7) is 8.83. The van der Waals surface area contributed by atoms with Crippen molar-refractivity contribution in [2.45, 2.75) is 39.2 Å². The molecule has 1 atom stereocenters. The summed E-state index contributed by atoms with van der Waals surface area (Å²) in [5.74, 6) is -1.48. The summed E-state index contributed by atoms with van der Waals surface area (Å²) in [7, 11) is 1.55. The standard InChI is InChI=1S/C25H28BrNO4/c1-15-14-17(8-11-19(15)26)22(28)20-21(27(12-13-31-5)24(30)23(20)29)16-6-9-18(10-7-16)25(2,3)4/h6-11,14,21,28H,12-13H2,1-5H3/b22-20-. The second kappa shape index (κ2) is 8.97. The van der Waals surface area contributed by atoms with Crippen LogP contribution in [0, 0.1) is 6.92 Å². The fraction of sp³-hybridized carbons (Fsp3) is 0.360. The fourth-order valence-electron chi connectivity index (χ4n) is 3.76. The molecule has 3 rings (SSSR count). The molecule has 0 radical (unpaired) electrons. The predicted molar refractivity (Wildman–Crippen MR) is 125 cm³/mol. The van der Waals surface area contributed by atoms with Gasteiger partial charge in [0.05, 0.1) is 18.2 Å². The van der Waals surface area contributed by atoms with E-state index in [1.807, 2.05) is 37.3 Å². The first-order chi connectivity index (χ1) is 14.6. The Morgan fingerprint density at radius 3 is 2.32 bits per heavy atom. The minimum absolute atomic E-state index is 0.0225. The van der Waals surface area contributed by atoms with Gasteiger partial charge in [0.1, 0.15) is 5.76 Å². The van der Waals surface area contributed by atoms with Crippen molar-refractivity contribution >= 4 is 33.4 Å². The Labute approximate surface area is 191 Å². The van der Waals surface area contributed by atoms with E-state index in [9.17, 15) is 14.7 Å². The molecule has 31 heavy (non-hydrogen) atoms. The average Bonchev–Trinajstić information content (AvgIpc) is 2.97. The number of hydrogen-bond acceptors (Lipinski definition) is 4. The third-order valence-electron chi connectivity index (χ3n) is 5.60. The highest BCUT2D eigenvalue weighted by molar-refractivity contribution is 9.10. The molecule has 5 nitrogen and oxygen atoms in total. The van der Waals surface area contributed by atoms with Crippen LogP contribution in [0.5, 0.6) is 0 Å². The minimum Gasteiger partial charge on any atom is -0.507 e. The Morgan fingerprint density at radius 1 is 1.13 bits per heavy atom. The number of ether oxygens (including phenoxy) is 1. The Hall–Kier alpha value is -2.44. The molecule has 1 amide bonds. The van der Waals surface area contributed by atoms with Crippen LogP contribution < -0.4 is 0 Å². The Bertz CT molecular complexity index is 1030. The quantitative estimate of drug-likeness (QED) is 0.362. The highest BCUT2D eigenvalue weighted by Gasteiger charge is 2.45. The second-order valence-corrected chi connectivity index (χ2v) is 9.68. The largest absolute Gasteiger partial charge is 0.507 e. The van der Waals surface area contributed by atoms with Gasteiger partial charge in [0.25, 0.3) is 11.7 Å². The van der Waals surface area contributed by atoms with Crippen LogP contribution in [0.4, 0.5) is 0 Å². The van der Waals surface area contributed by atoms with Crippen LogP contribution in [0.3, 0.4) is 0 Å². The third-order valence-corrected chi connectivity index (χ3v) is 6.49. The third kappa shape index (κ3) is 4.60. The van der Waals surface area contributed by atoms with E-state index in [2.05, 4.69) is 36.7 Å². The van der Waals surface area contributed by atoms with Crippen molar-refractivity contribution in [2.24, 2.45) is 0 Å². The number of aliphatic hydroxyl groups is 1. The van der Waals surface area contributed by atoms with Gasteiger partial charge in [0.2, 0.25) is 0 Å². The van der Waals surface area contributed by atoms with Crippen molar-refractivity contribution in [3.05, 3.63) is 74.8 Å². The highest BCUT2D eigenvalue weighted by Crippen LogP contribution is 2.40. The number of nitrogens with zero attached hydrogens (tertiary/aromatic N) is 1. The topological polar surface area (TPSA) is 66.8 Å². The number of aliphatic hydroxyl groups excluding tert-OH is 1. The summed E-state index contributed by atoms with van der Waals surface area (Å²) in [5.41, 5.74) is 3.43. The highest BCUT2D eigenvalue weighted by atomic mass is 79.9. The lowest BCUT2D eigenvalue weighted by molar-refractivity contribution is -0.140. The second-order valence-electron chi connectivity index (χ2n) is 8.82. The number of methoxy groups -OCH3 is 1. The summed E-state index contributed by atoms with van der Waals surface area (Å²) in [5, 5.41) is 11.1. The fourth-order valence-corrected chi connectivity index (χ4v) is 4.01. The van der Waals surface area contributed by atoms with Crippen molar-refractivity contribution in [3.63, 3.8) is 0 Å². The molecular weight excluding hydrogens is 458 g/mol. The maximum atomic E-state index is 13.0. The number of ketones is 1. The normalized spacial score (nSPS) is 18.6. The van der Waals surface area contributed by atoms with Gasteiger partial charge in [-0.05, 0) is 41.2 Å². The van der Waals surface area contributed by atoms with Crippen molar-refractivity contribution in [1.82, 2.24) is 4.90 Å². The number of hydrogen-bond donors (Lipinski definition) is 1. The molecule has 1 fully saturated rings. The van der Waals surface area contributed by atoms with Crippen LogP contribution in [-0.2, 0) is 19.7 Å². The van der Waals surface area contributed by atoms with E-state index in [1.54, 1.807) is 19.2 Å².